The van der Waals surface area contributed by atoms with Gasteiger partial charge in [0.2, 0.25) is 0 Å². The largest absolute Gasteiger partial charge is 2.00 e. The molecular formula is C9H22Cl2N2Pt. The predicted molar refractivity (Wildman–Crippen MR) is 50.9 cm³/mol. The molecule has 0 bridgehead atoms. The standard InChI is InChI=1S/C9H22N2.2ClH.Pt/c1-5-10-8(3)7-9(4)11-6-2;;;/h8-11H,5-7H2,1-4H3;2*1H;/q;;;+2/p-2. The third-order valence-electron chi connectivity index (χ3n) is 1.81. The molecule has 0 spiro atoms. The number of nitrogens with one attached hydrogen (secondary N) is 2. The second kappa shape index (κ2) is 16.6. The topological polar surface area (TPSA) is 24.1 Å². The van der Waals surface area contributed by atoms with Crippen LogP contribution in [0.2, 0.25) is 0 Å². The molecule has 92 valence electrons. The first-order chi connectivity index (χ1) is 5.20. The number of rotatable bonds is 6. The van der Waals surface area contributed by atoms with Crippen LogP contribution in [0.5, 0.6) is 0 Å². The van der Waals surface area contributed by atoms with Crippen molar-refractivity contribution in [2.75, 3.05) is 13.1 Å². The van der Waals surface area contributed by atoms with E-state index in [1.54, 1.807) is 0 Å². The van der Waals surface area contributed by atoms with Crippen LogP contribution in [0.3, 0.4) is 0 Å². The van der Waals surface area contributed by atoms with E-state index in [4.69, 9.17) is 0 Å². The minimum atomic E-state index is 0. The van der Waals surface area contributed by atoms with E-state index in [9.17, 15) is 0 Å². The van der Waals surface area contributed by atoms with Crippen molar-refractivity contribution in [1.82, 2.24) is 10.6 Å². The first-order valence-corrected chi connectivity index (χ1v) is 4.67. The molecule has 0 aromatic carbocycles. The van der Waals surface area contributed by atoms with E-state index in [-0.39, 0.29) is 45.9 Å². The van der Waals surface area contributed by atoms with Crippen molar-refractivity contribution in [3.8, 4) is 0 Å². The molecule has 0 amide bonds. The van der Waals surface area contributed by atoms with E-state index in [0.29, 0.717) is 12.1 Å². The van der Waals surface area contributed by atoms with Gasteiger partial charge in [-0.3, -0.25) is 0 Å². The van der Waals surface area contributed by atoms with Crippen LogP contribution in [0, 0.1) is 0 Å². The van der Waals surface area contributed by atoms with Crippen molar-refractivity contribution < 1.29 is 45.9 Å². The Labute approximate surface area is 115 Å². The van der Waals surface area contributed by atoms with Crippen molar-refractivity contribution in [3.05, 3.63) is 0 Å². The van der Waals surface area contributed by atoms with Crippen LogP contribution in [0.4, 0.5) is 0 Å². The summed E-state index contributed by atoms with van der Waals surface area (Å²) in [6.07, 6.45) is 1.21. The molecule has 2 nitrogen and oxygen atoms in total. The summed E-state index contributed by atoms with van der Waals surface area (Å²) in [5, 5.41) is 6.79. The molecule has 0 aliphatic heterocycles. The Morgan fingerprint density at radius 2 is 1.14 bits per heavy atom. The molecule has 0 saturated carbocycles. The van der Waals surface area contributed by atoms with Gasteiger partial charge < -0.3 is 35.4 Å². The van der Waals surface area contributed by atoms with Crippen LogP contribution in [0.25, 0.3) is 0 Å². The maximum absolute atomic E-state index is 3.39. The Bertz CT molecular complexity index is 86.9. The fraction of sp³-hybridized carbons (Fsp3) is 1.00. The molecule has 5 heteroatoms. The van der Waals surface area contributed by atoms with E-state index in [0.717, 1.165) is 13.1 Å². The summed E-state index contributed by atoms with van der Waals surface area (Å²) >= 11 is 0. The van der Waals surface area contributed by atoms with Gasteiger partial charge in [-0.2, -0.15) is 0 Å². The summed E-state index contributed by atoms with van der Waals surface area (Å²) in [6.45, 7) is 10.9. The van der Waals surface area contributed by atoms with Crippen molar-refractivity contribution in [2.24, 2.45) is 0 Å². The van der Waals surface area contributed by atoms with Gasteiger partial charge in [0, 0.05) is 12.1 Å². The molecule has 0 radical (unpaired) electrons. The molecule has 0 aromatic rings. The molecule has 2 atom stereocenters. The van der Waals surface area contributed by atoms with E-state index in [2.05, 4.69) is 38.3 Å². The van der Waals surface area contributed by atoms with Gasteiger partial charge in [0.1, 0.15) is 0 Å². The maximum atomic E-state index is 3.39. The van der Waals surface area contributed by atoms with Crippen molar-refractivity contribution in [2.45, 2.75) is 46.2 Å². The Morgan fingerprint density at radius 3 is 1.36 bits per heavy atom. The molecule has 0 aliphatic carbocycles. The molecule has 14 heavy (non-hydrogen) atoms. The quantitative estimate of drug-likeness (QED) is 0.449. The van der Waals surface area contributed by atoms with Gasteiger partial charge in [0.15, 0.2) is 0 Å². The third-order valence-corrected chi connectivity index (χ3v) is 1.81. The van der Waals surface area contributed by atoms with Crippen LogP contribution < -0.4 is 35.4 Å². The van der Waals surface area contributed by atoms with Gasteiger partial charge in [-0.05, 0) is 33.4 Å². The van der Waals surface area contributed by atoms with Crippen molar-refractivity contribution in [3.63, 3.8) is 0 Å². The summed E-state index contributed by atoms with van der Waals surface area (Å²) in [7, 11) is 0. The van der Waals surface area contributed by atoms with Crippen LogP contribution >= 0.6 is 0 Å². The fourth-order valence-electron chi connectivity index (χ4n) is 1.39. The van der Waals surface area contributed by atoms with Crippen LogP contribution in [0.15, 0.2) is 0 Å². The average Bonchev–Trinajstić information content (AvgIpc) is 1.87. The summed E-state index contributed by atoms with van der Waals surface area (Å²) in [5.74, 6) is 0. The van der Waals surface area contributed by atoms with E-state index >= 15 is 0 Å². The monoisotopic (exact) mass is 423 g/mol. The maximum Gasteiger partial charge on any atom is 2.00 e. The summed E-state index contributed by atoms with van der Waals surface area (Å²) < 4.78 is 0. The number of halogens is 2. The first kappa shape index (κ1) is 24.4. The van der Waals surface area contributed by atoms with E-state index in [1.807, 2.05) is 0 Å². The van der Waals surface area contributed by atoms with Crippen LogP contribution in [-0.2, 0) is 21.1 Å². The molecule has 0 rings (SSSR count). The molecule has 0 aromatic heterocycles. The zero-order chi connectivity index (χ0) is 8.69. The van der Waals surface area contributed by atoms with E-state index in [1.165, 1.54) is 6.42 Å². The second-order valence-corrected chi connectivity index (χ2v) is 3.15. The van der Waals surface area contributed by atoms with Crippen LogP contribution in [0.1, 0.15) is 34.1 Å². The van der Waals surface area contributed by atoms with Crippen molar-refractivity contribution in [1.29, 1.82) is 0 Å². The van der Waals surface area contributed by atoms with Gasteiger partial charge in [-0.25, -0.2) is 0 Å². The van der Waals surface area contributed by atoms with Gasteiger partial charge in [0.05, 0.1) is 0 Å². The summed E-state index contributed by atoms with van der Waals surface area (Å²) in [6, 6.07) is 1.27. The molecule has 2 N–H and O–H groups in total. The third kappa shape index (κ3) is 15.7. The zero-order valence-electron chi connectivity index (χ0n) is 9.35. The smallest absolute Gasteiger partial charge is 1.00 e. The van der Waals surface area contributed by atoms with Gasteiger partial charge in [-0.15, -0.1) is 0 Å². The number of hydrogen-bond acceptors (Lipinski definition) is 2. The minimum absolute atomic E-state index is 0. The molecule has 0 saturated heterocycles. The molecule has 0 aliphatic rings. The normalized spacial score (nSPS) is 12.9. The van der Waals surface area contributed by atoms with Gasteiger partial charge in [0.25, 0.3) is 0 Å². The molecule has 2 unspecified atom stereocenters. The Morgan fingerprint density at radius 1 is 0.857 bits per heavy atom. The molecule has 0 heterocycles. The van der Waals surface area contributed by atoms with Gasteiger partial charge in [-0.1, -0.05) is 13.8 Å². The Hall–Kier alpha value is 1.19. The predicted octanol–water partition coefficient (Wildman–Crippen LogP) is -4.62. The summed E-state index contributed by atoms with van der Waals surface area (Å²) in [5.41, 5.74) is 0. The van der Waals surface area contributed by atoms with Gasteiger partial charge >= 0.3 is 21.1 Å². The molecule has 0 fully saturated rings. The minimum Gasteiger partial charge on any atom is -1.00 e. The van der Waals surface area contributed by atoms with E-state index < -0.39 is 0 Å². The zero-order valence-corrected chi connectivity index (χ0v) is 13.1. The van der Waals surface area contributed by atoms with Crippen molar-refractivity contribution >= 4 is 0 Å². The molecular weight excluding hydrogens is 402 g/mol. The SMILES string of the molecule is CCNC(C)CC(C)NCC.[Cl-].[Cl-].[Pt+2]. The summed E-state index contributed by atoms with van der Waals surface area (Å²) in [4.78, 5) is 0. The van der Waals surface area contributed by atoms with Crippen LogP contribution in [-0.4, -0.2) is 25.2 Å². The second-order valence-electron chi connectivity index (χ2n) is 3.15. The Kier molecular flexibility index (Phi) is 29.0. The Balaban J connectivity index is -0.000000167. The average molecular weight is 424 g/mol. The number of hydrogen-bond donors (Lipinski definition) is 2. The fourth-order valence-corrected chi connectivity index (χ4v) is 1.39. The first-order valence-electron chi connectivity index (χ1n) is 4.67.